The summed E-state index contributed by atoms with van der Waals surface area (Å²) in [4.78, 5) is 24.4. The standard InChI is InChI=1S/C16H23NO3/c1-4-17(5-2)16(19)12-20-15-10-8-14(9-11-15)7-6-13(3)18/h8-11H,4-7,12H2,1-3H3. The number of hydrogen-bond donors (Lipinski definition) is 0. The Bertz CT molecular complexity index is 436. The van der Waals surface area contributed by atoms with Gasteiger partial charge in [0.25, 0.3) is 5.91 Å². The third kappa shape index (κ3) is 5.43. The molecule has 4 nitrogen and oxygen atoms in total. The summed E-state index contributed by atoms with van der Waals surface area (Å²) in [5, 5.41) is 0. The molecule has 110 valence electrons. The first-order chi connectivity index (χ1) is 9.56. The zero-order valence-corrected chi connectivity index (χ0v) is 12.5. The van der Waals surface area contributed by atoms with Gasteiger partial charge in [-0.05, 0) is 44.9 Å². The third-order valence-corrected chi connectivity index (χ3v) is 3.17. The fraction of sp³-hybridized carbons (Fsp3) is 0.500. The molecule has 0 heterocycles. The van der Waals surface area contributed by atoms with Crippen LogP contribution >= 0.6 is 0 Å². The summed E-state index contributed by atoms with van der Waals surface area (Å²) in [5.41, 5.74) is 1.10. The molecule has 1 amide bonds. The lowest BCUT2D eigenvalue weighted by Gasteiger charge is -2.18. The number of Topliss-reactive ketones (excluding diaryl/α,β-unsaturated/α-hetero) is 1. The number of ketones is 1. The molecule has 0 spiro atoms. The molecule has 0 aliphatic carbocycles. The van der Waals surface area contributed by atoms with Crippen molar-refractivity contribution in [1.29, 1.82) is 0 Å². The molecule has 0 radical (unpaired) electrons. The maximum Gasteiger partial charge on any atom is 0.260 e. The number of aryl methyl sites for hydroxylation is 1. The molecule has 0 N–H and O–H groups in total. The Labute approximate surface area is 120 Å². The van der Waals surface area contributed by atoms with Crippen LogP contribution in [-0.2, 0) is 16.0 Å². The average Bonchev–Trinajstić information content (AvgIpc) is 2.45. The predicted octanol–water partition coefficient (Wildman–Crippen LogP) is 2.46. The predicted molar refractivity (Wildman–Crippen MR) is 78.9 cm³/mol. The van der Waals surface area contributed by atoms with Crippen molar-refractivity contribution in [1.82, 2.24) is 4.90 Å². The first kappa shape index (κ1) is 16.2. The number of carbonyl (C=O) groups is 2. The van der Waals surface area contributed by atoms with Gasteiger partial charge in [-0.2, -0.15) is 0 Å². The number of hydrogen-bond acceptors (Lipinski definition) is 3. The summed E-state index contributed by atoms with van der Waals surface area (Å²) >= 11 is 0. The molecule has 4 heteroatoms. The van der Waals surface area contributed by atoms with E-state index in [9.17, 15) is 9.59 Å². The quantitative estimate of drug-likeness (QED) is 0.733. The molecule has 0 fully saturated rings. The summed E-state index contributed by atoms with van der Waals surface area (Å²) in [7, 11) is 0. The van der Waals surface area contributed by atoms with E-state index in [1.165, 1.54) is 0 Å². The van der Waals surface area contributed by atoms with Crippen molar-refractivity contribution < 1.29 is 14.3 Å². The monoisotopic (exact) mass is 277 g/mol. The van der Waals surface area contributed by atoms with Gasteiger partial charge in [0.15, 0.2) is 6.61 Å². The van der Waals surface area contributed by atoms with Gasteiger partial charge in [0, 0.05) is 19.5 Å². The fourth-order valence-corrected chi connectivity index (χ4v) is 1.89. The summed E-state index contributed by atoms with van der Waals surface area (Å²) in [6.07, 6.45) is 1.30. The van der Waals surface area contributed by atoms with Crippen LogP contribution in [0, 0.1) is 0 Å². The van der Waals surface area contributed by atoms with Crippen molar-refractivity contribution in [2.75, 3.05) is 19.7 Å². The van der Waals surface area contributed by atoms with Crippen LogP contribution in [0.1, 0.15) is 32.8 Å². The van der Waals surface area contributed by atoms with E-state index in [4.69, 9.17) is 4.74 Å². The van der Waals surface area contributed by atoms with Gasteiger partial charge in [-0.15, -0.1) is 0 Å². The maximum atomic E-state index is 11.8. The molecule has 0 aliphatic heterocycles. The van der Waals surface area contributed by atoms with E-state index in [-0.39, 0.29) is 18.3 Å². The summed E-state index contributed by atoms with van der Waals surface area (Å²) in [5.74, 6) is 0.864. The molecule has 0 atom stereocenters. The molecule has 0 saturated heterocycles. The van der Waals surface area contributed by atoms with E-state index >= 15 is 0 Å². The van der Waals surface area contributed by atoms with E-state index in [1.807, 2.05) is 38.1 Å². The van der Waals surface area contributed by atoms with Gasteiger partial charge in [0.1, 0.15) is 11.5 Å². The van der Waals surface area contributed by atoms with E-state index in [2.05, 4.69) is 0 Å². The van der Waals surface area contributed by atoms with Gasteiger partial charge >= 0.3 is 0 Å². The molecular weight excluding hydrogens is 254 g/mol. The van der Waals surface area contributed by atoms with Gasteiger partial charge < -0.3 is 14.4 Å². The molecule has 1 rings (SSSR count). The molecule has 0 unspecified atom stereocenters. The van der Waals surface area contributed by atoms with Crippen LogP contribution < -0.4 is 4.74 Å². The lowest BCUT2D eigenvalue weighted by molar-refractivity contribution is -0.133. The zero-order chi connectivity index (χ0) is 15.0. The second-order valence-corrected chi connectivity index (χ2v) is 4.70. The van der Waals surface area contributed by atoms with E-state index in [1.54, 1.807) is 11.8 Å². The minimum Gasteiger partial charge on any atom is -0.484 e. The van der Waals surface area contributed by atoms with Crippen molar-refractivity contribution in [3.8, 4) is 5.75 Å². The summed E-state index contributed by atoms with van der Waals surface area (Å²) in [6, 6.07) is 7.54. The highest BCUT2D eigenvalue weighted by molar-refractivity contribution is 5.77. The highest BCUT2D eigenvalue weighted by Crippen LogP contribution is 2.13. The normalized spacial score (nSPS) is 10.2. The third-order valence-electron chi connectivity index (χ3n) is 3.17. The van der Waals surface area contributed by atoms with Crippen molar-refractivity contribution in [3.63, 3.8) is 0 Å². The van der Waals surface area contributed by atoms with E-state index < -0.39 is 0 Å². The number of benzene rings is 1. The van der Waals surface area contributed by atoms with Crippen LogP contribution in [0.15, 0.2) is 24.3 Å². The van der Waals surface area contributed by atoms with E-state index in [0.717, 1.165) is 12.0 Å². The minimum absolute atomic E-state index is 0.00402. The number of amides is 1. The number of likely N-dealkylation sites (N-methyl/N-ethyl adjacent to an activating group) is 1. The van der Waals surface area contributed by atoms with Gasteiger partial charge in [0.2, 0.25) is 0 Å². The smallest absolute Gasteiger partial charge is 0.260 e. The van der Waals surface area contributed by atoms with Crippen LogP contribution in [0.2, 0.25) is 0 Å². The second kappa shape index (κ2) is 8.35. The molecule has 0 aromatic heterocycles. The lowest BCUT2D eigenvalue weighted by atomic mass is 10.1. The van der Waals surface area contributed by atoms with E-state index in [0.29, 0.717) is 25.3 Å². The average molecular weight is 277 g/mol. The topological polar surface area (TPSA) is 46.6 Å². The molecule has 0 aliphatic rings. The molecule has 0 saturated carbocycles. The Balaban J connectivity index is 2.45. The first-order valence-corrected chi connectivity index (χ1v) is 7.05. The largest absolute Gasteiger partial charge is 0.484 e. The van der Waals surface area contributed by atoms with Gasteiger partial charge in [-0.25, -0.2) is 0 Å². The van der Waals surface area contributed by atoms with Gasteiger partial charge in [-0.3, -0.25) is 4.79 Å². The lowest BCUT2D eigenvalue weighted by Crippen LogP contribution is -2.34. The maximum absolute atomic E-state index is 11.8. The molecule has 20 heavy (non-hydrogen) atoms. The minimum atomic E-state index is -0.00402. The van der Waals surface area contributed by atoms with Gasteiger partial charge in [0.05, 0.1) is 0 Å². The van der Waals surface area contributed by atoms with Crippen LogP contribution in [0.3, 0.4) is 0 Å². The SMILES string of the molecule is CCN(CC)C(=O)COc1ccc(CCC(C)=O)cc1. The second-order valence-electron chi connectivity index (χ2n) is 4.70. The fourth-order valence-electron chi connectivity index (χ4n) is 1.89. The van der Waals surface area contributed by atoms with Gasteiger partial charge in [-0.1, -0.05) is 12.1 Å². The highest BCUT2D eigenvalue weighted by Gasteiger charge is 2.09. The van der Waals surface area contributed by atoms with Crippen molar-refractivity contribution in [2.45, 2.75) is 33.6 Å². The molecule has 1 aromatic carbocycles. The number of carbonyl (C=O) groups excluding carboxylic acids is 2. The first-order valence-electron chi connectivity index (χ1n) is 7.05. The molecular formula is C16H23NO3. The molecule has 1 aromatic rings. The summed E-state index contributed by atoms with van der Waals surface area (Å²) < 4.78 is 5.47. The Morgan fingerprint density at radius 1 is 1.10 bits per heavy atom. The van der Waals surface area contributed by atoms with Crippen molar-refractivity contribution in [3.05, 3.63) is 29.8 Å². The van der Waals surface area contributed by atoms with Crippen molar-refractivity contribution >= 4 is 11.7 Å². The number of nitrogens with zero attached hydrogens (tertiary/aromatic N) is 1. The summed E-state index contributed by atoms with van der Waals surface area (Å²) in [6.45, 7) is 6.95. The van der Waals surface area contributed by atoms with Crippen LogP contribution in [0.4, 0.5) is 0 Å². The zero-order valence-electron chi connectivity index (χ0n) is 12.5. The molecule has 0 bridgehead atoms. The number of rotatable bonds is 8. The number of ether oxygens (including phenoxy) is 1. The Kier molecular flexibility index (Phi) is 6.77. The highest BCUT2D eigenvalue weighted by atomic mass is 16.5. The Morgan fingerprint density at radius 2 is 1.70 bits per heavy atom. The van der Waals surface area contributed by atoms with Crippen LogP contribution in [0.5, 0.6) is 5.75 Å². The van der Waals surface area contributed by atoms with Crippen molar-refractivity contribution in [2.24, 2.45) is 0 Å². The Morgan fingerprint density at radius 3 is 2.20 bits per heavy atom. The van der Waals surface area contributed by atoms with Crippen LogP contribution in [0.25, 0.3) is 0 Å². The van der Waals surface area contributed by atoms with Crippen LogP contribution in [-0.4, -0.2) is 36.3 Å². The Hall–Kier alpha value is -1.84.